The maximum Gasteiger partial charge on any atom is 0.228 e. The number of ether oxygens (including phenoxy) is 2. The monoisotopic (exact) mass is 464 g/mol. The van der Waals surface area contributed by atoms with Gasteiger partial charge < -0.3 is 24.7 Å². The van der Waals surface area contributed by atoms with Crippen LogP contribution < -0.4 is 15.4 Å². The van der Waals surface area contributed by atoms with Gasteiger partial charge in [-0.15, -0.1) is 0 Å². The number of pyridine rings is 1. The second kappa shape index (κ2) is 8.81. The Bertz CT molecular complexity index is 1330. The van der Waals surface area contributed by atoms with Crippen LogP contribution in [0.4, 0.5) is 11.6 Å². The Morgan fingerprint density at radius 1 is 1.06 bits per heavy atom. The third-order valence-electron chi connectivity index (χ3n) is 5.69. The molecule has 0 amide bonds. The van der Waals surface area contributed by atoms with Crippen molar-refractivity contribution >= 4 is 33.7 Å². The van der Waals surface area contributed by atoms with E-state index < -0.39 is 11.1 Å². The van der Waals surface area contributed by atoms with Crippen molar-refractivity contribution in [2.75, 3.05) is 44.0 Å². The van der Waals surface area contributed by atoms with Gasteiger partial charge in [0.1, 0.15) is 0 Å². The number of nitrogens with zero attached hydrogens (tertiary/aromatic N) is 4. The molecule has 0 radical (unpaired) electrons. The van der Waals surface area contributed by atoms with Crippen molar-refractivity contribution in [3.8, 4) is 22.7 Å². The molecule has 4 aromatic rings. The number of aromatic nitrogens is 3. The molecule has 1 aliphatic heterocycles. The number of nitrogens with two attached hydrogens (primary N) is 1. The highest BCUT2D eigenvalue weighted by Crippen LogP contribution is 2.31. The van der Waals surface area contributed by atoms with Gasteiger partial charge in [-0.2, -0.15) is 0 Å². The molecule has 2 N–H and O–H groups in total. The number of hydrogen-bond acceptors (Lipinski definition) is 8. The van der Waals surface area contributed by atoms with E-state index in [4.69, 9.17) is 15.2 Å². The van der Waals surface area contributed by atoms with Crippen molar-refractivity contribution in [2.45, 2.75) is 4.90 Å². The standard InChI is InChI=1S/C23H23N5O4S/c1-31-22-21(33(29)30)13-16(14-25-22)15-2-7-19-20(12-15)28(23(24)26-19)18-5-3-17(4-6-18)27-8-10-32-11-9-27/h2-7,12-14H,8-11H2,1H3,(H2,24,26)(H,29,30)/p-1. The van der Waals surface area contributed by atoms with Crippen LogP contribution in [0.1, 0.15) is 0 Å². The molecule has 1 fully saturated rings. The predicted molar refractivity (Wildman–Crippen MR) is 125 cm³/mol. The lowest BCUT2D eigenvalue weighted by atomic mass is 10.1. The highest BCUT2D eigenvalue weighted by molar-refractivity contribution is 7.79. The van der Waals surface area contributed by atoms with Crippen LogP contribution >= 0.6 is 0 Å². The van der Waals surface area contributed by atoms with Crippen molar-refractivity contribution in [1.29, 1.82) is 0 Å². The molecule has 3 heterocycles. The molecule has 170 valence electrons. The Morgan fingerprint density at radius 3 is 2.48 bits per heavy atom. The normalized spacial score (nSPS) is 15.0. The second-order valence-corrected chi connectivity index (χ2v) is 8.50. The van der Waals surface area contributed by atoms with Crippen LogP contribution in [-0.4, -0.2) is 56.7 Å². The quantitative estimate of drug-likeness (QED) is 0.448. The fourth-order valence-electron chi connectivity index (χ4n) is 4.04. The number of morpholine rings is 1. The van der Waals surface area contributed by atoms with Crippen molar-refractivity contribution < 1.29 is 18.2 Å². The minimum atomic E-state index is -2.47. The first-order chi connectivity index (χ1) is 16.0. The largest absolute Gasteiger partial charge is 0.768 e. The summed E-state index contributed by atoms with van der Waals surface area (Å²) in [7, 11) is 1.39. The topological polar surface area (TPSA) is 119 Å². The van der Waals surface area contributed by atoms with E-state index in [-0.39, 0.29) is 10.8 Å². The van der Waals surface area contributed by atoms with Crippen LogP contribution in [0.15, 0.2) is 59.6 Å². The van der Waals surface area contributed by atoms with E-state index in [1.54, 1.807) is 6.20 Å². The lowest BCUT2D eigenvalue weighted by Gasteiger charge is -2.29. The number of methoxy groups -OCH3 is 1. The maximum atomic E-state index is 11.6. The summed E-state index contributed by atoms with van der Waals surface area (Å²) >= 11 is -2.47. The molecular formula is C23H22N5O4S-. The average Bonchev–Trinajstić information content (AvgIpc) is 3.19. The average molecular weight is 465 g/mol. The van der Waals surface area contributed by atoms with Gasteiger partial charge in [-0.3, -0.25) is 8.78 Å². The molecule has 1 atom stereocenters. The zero-order valence-corrected chi connectivity index (χ0v) is 18.7. The molecule has 9 nitrogen and oxygen atoms in total. The Hall–Kier alpha value is -3.47. The lowest BCUT2D eigenvalue weighted by Crippen LogP contribution is -2.36. The van der Waals surface area contributed by atoms with Gasteiger partial charge >= 0.3 is 0 Å². The zero-order chi connectivity index (χ0) is 22.9. The molecule has 0 spiro atoms. The highest BCUT2D eigenvalue weighted by atomic mass is 32.2. The van der Waals surface area contributed by atoms with E-state index >= 15 is 0 Å². The van der Waals surface area contributed by atoms with Crippen LogP contribution in [0.25, 0.3) is 27.8 Å². The SMILES string of the molecule is COc1ncc(-c2ccc3nc(N)n(-c4ccc(N5CCOCC5)cc4)c3c2)cc1S(=O)[O-]. The van der Waals surface area contributed by atoms with E-state index in [0.717, 1.165) is 54.3 Å². The third kappa shape index (κ3) is 4.04. The predicted octanol–water partition coefficient (Wildman–Crippen LogP) is 2.75. The molecule has 1 saturated heterocycles. The molecule has 0 bridgehead atoms. The third-order valence-corrected chi connectivity index (χ3v) is 6.34. The van der Waals surface area contributed by atoms with Gasteiger partial charge in [-0.05, 0) is 59.1 Å². The molecule has 33 heavy (non-hydrogen) atoms. The maximum absolute atomic E-state index is 11.6. The highest BCUT2D eigenvalue weighted by Gasteiger charge is 2.15. The minimum absolute atomic E-state index is 0.00169. The number of rotatable bonds is 5. The summed E-state index contributed by atoms with van der Waals surface area (Å²) in [6.45, 7) is 3.19. The number of imidazole rings is 1. The van der Waals surface area contributed by atoms with Gasteiger partial charge in [0.05, 0.1) is 36.3 Å². The molecule has 2 aromatic carbocycles. The first kappa shape index (κ1) is 21.4. The Morgan fingerprint density at radius 2 is 1.79 bits per heavy atom. The molecule has 1 aliphatic rings. The first-order valence-corrected chi connectivity index (χ1v) is 11.5. The summed E-state index contributed by atoms with van der Waals surface area (Å²) in [4.78, 5) is 10.9. The van der Waals surface area contributed by atoms with Gasteiger partial charge in [-0.25, -0.2) is 9.97 Å². The van der Waals surface area contributed by atoms with Crippen LogP contribution in [0.5, 0.6) is 5.88 Å². The smallest absolute Gasteiger partial charge is 0.228 e. The molecule has 5 rings (SSSR count). The van der Waals surface area contributed by atoms with Crippen LogP contribution in [0, 0.1) is 0 Å². The Balaban J connectivity index is 1.55. The van der Waals surface area contributed by atoms with E-state index in [1.807, 2.05) is 34.9 Å². The minimum Gasteiger partial charge on any atom is -0.768 e. The van der Waals surface area contributed by atoms with Gasteiger partial charge in [0.25, 0.3) is 0 Å². The molecule has 0 saturated carbocycles. The van der Waals surface area contributed by atoms with E-state index in [2.05, 4.69) is 27.0 Å². The summed E-state index contributed by atoms with van der Waals surface area (Å²) < 4.78 is 35.6. The van der Waals surface area contributed by atoms with Crippen LogP contribution in [-0.2, 0) is 15.8 Å². The van der Waals surface area contributed by atoms with Gasteiger partial charge in [0.15, 0.2) is 0 Å². The van der Waals surface area contributed by atoms with Crippen molar-refractivity contribution in [3.63, 3.8) is 0 Å². The number of anilines is 2. The van der Waals surface area contributed by atoms with Crippen LogP contribution in [0.3, 0.4) is 0 Å². The number of hydrogen-bond donors (Lipinski definition) is 1. The van der Waals surface area contributed by atoms with Crippen molar-refractivity contribution in [2.24, 2.45) is 0 Å². The van der Waals surface area contributed by atoms with Gasteiger partial charge in [-0.1, -0.05) is 6.07 Å². The zero-order valence-electron chi connectivity index (χ0n) is 17.9. The van der Waals surface area contributed by atoms with Gasteiger partial charge in [0, 0.05) is 36.2 Å². The fourth-order valence-corrected chi connectivity index (χ4v) is 4.54. The second-order valence-electron chi connectivity index (χ2n) is 7.59. The van der Waals surface area contributed by atoms with E-state index in [1.165, 1.54) is 13.2 Å². The Kier molecular flexibility index (Phi) is 5.71. The van der Waals surface area contributed by atoms with E-state index in [0.29, 0.717) is 11.5 Å². The molecule has 1 unspecified atom stereocenters. The number of benzene rings is 2. The Labute approximate surface area is 193 Å². The molecule has 2 aromatic heterocycles. The summed E-state index contributed by atoms with van der Waals surface area (Å²) in [5.41, 5.74) is 11.3. The summed E-state index contributed by atoms with van der Waals surface area (Å²) in [5.74, 6) is 0.429. The molecule has 10 heteroatoms. The number of nitrogen functional groups attached to an aromatic ring is 1. The van der Waals surface area contributed by atoms with Crippen molar-refractivity contribution in [1.82, 2.24) is 14.5 Å². The fraction of sp³-hybridized carbons (Fsp3) is 0.217. The summed E-state index contributed by atoms with van der Waals surface area (Å²) in [6.07, 6.45) is 1.58. The lowest BCUT2D eigenvalue weighted by molar-refractivity contribution is 0.122. The first-order valence-electron chi connectivity index (χ1n) is 10.4. The van der Waals surface area contributed by atoms with Gasteiger partial charge in [0.2, 0.25) is 11.8 Å². The van der Waals surface area contributed by atoms with Crippen molar-refractivity contribution in [3.05, 3.63) is 54.7 Å². The van der Waals surface area contributed by atoms with Crippen LogP contribution in [0.2, 0.25) is 0 Å². The molecular weight excluding hydrogens is 442 g/mol. The van der Waals surface area contributed by atoms with E-state index in [9.17, 15) is 8.76 Å². The number of fused-ring (bicyclic) bond motifs is 1. The molecule has 0 aliphatic carbocycles. The summed E-state index contributed by atoms with van der Waals surface area (Å²) in [5, 5.41) is 0. The summed E-state index contributed by atoms with van der Waals surface area (Å²) in [6, 6.07) is 15.4.